The van der Waals surface area contributed by atoms with E-state index in [2.05, 4.69) is 15.0 Å². The van der Waals surface area contributed by atoms with E-state index in [1.165, 1.54) is 6.07 Å². The van der Waals surface area contributed by atoms with Gasteiger partial charge in [-0.05, 0) is 66.4 Å². The number of hydrogen-bond donors (Lipinski definition) is 2. The molecule has 0 unspecified atom stereocenters. The third-order valence-electron chi connectivity index (χ3n) is 4.38. The maximum atomic E-state index is 12.7. The van der Waals surface area contributed by atoms with Gasteiger partial charge in [-0.25, -0.2) is 8.42 Å². The lowest BCUT2D eigenvalue weighted by Crippen LogP contribution is -2.14. The lowest BCUT2D eigenvalue weighted by molar-refractivity contribution is 0.102. The maximum Gasteiger partial charge on any atom is 0.271 e. The molecule has 0 bridgehead atoms. The van der Waals surface area contributed by atoms with Crippen molar-refractivity contribution in [2.45, 2.75) is 11.1 Å². The van der Waals surface area contributed by atoms with E-state index in [-0.39, 0.29) is 10.1 Å². The summed E-state index contributed by atoms with van der Waals surface area (Å²) in [4.78, 5) is 17.0. The molecule has 0 spiro atoms. The fourth-order valence-electron chi connectivity index (χ4n) is 2.93. The van der Waals surface area contributed by atoms with E-state index in [0.717, 1.165) is 27.8 Å². The first-order valence-corrected chi connectivity index (χ1v) is 11.1. The molecule has 29 heavy (non-hydrogen) atoms. The van der Waals surface area contributed by atoms with Gasteiger partial charge in [0.15, 0.2) is 0 Å². The predicted molar refractivity (Wildman–Crippen MR) is 116 cm³/mol. The number of aromatic nitrogens is 1. The lowest BCUT2D eigenvalue weighted by atomic mass is 10.1. The number of sulfonamides is 1. The monoisotopic (exact) mass is 423 g/mol. The highest BCUT2D eigenvalue weighted by atomic mass is 32.2. The van der Waals surface area contributed by atoms with Crippen molar-refractivity contribution in [3.63, 3.8) is 0 Å². The molecule has 0 atom stereocenters. The number of aryl methyl sites for hydroxylation is 1. The van der Waals surface area contributed by atoms with Crippen LogP contribution in [0.4, 0.5) is 11.4 Å². The molecule has 146 valence electrons. The number of carbonyl (C=O) groups is 1. The summed E-state index contributed by atoms with van der Waals surface area (Å²) >= 11 is 1.14. The van der Waals surface area contributed by atoms with Crippen LogP contribution in [0.1, 0.15) is 15.9 Å². The van der Waals surface area contributed by atoms with Gasteiger partial charge in [0.1, 0.15) is 4.21 Å². The Morgan fingerprint density at radius 2 is 1.79 bits per heavy atom. The summed E-state index contributed by atoms with van der Waals surface area (Å²) in [5.74, 6) is -0.285. The number of thiophene rings is 1. The molecule has 8 heteroatoms. The van der Waals surface area contributed by atoms with E-state index in [1.807, 2.05) is 31.2 Å². The summed E-state index contributed by atoms with van der Waals surface area (Å²) in [6.45, 7) is 1.97. The number of anilines is 2. The molecule has 0 saturated heterocycles. The Morgan fingerprint density at radius 3 is 2.52 bits per heavy atom. The SMILES string of the molecule is Cc1ccc(NC(=O)c2ccc(NS(=O)(=O)c3cccs3)cc2)c2cccnc12. The fraction of sp³-hybridized carbons (Fsp3) is 0.0476. The van der Waals surface area contributed by atoms with Crippen molar-refractivity contribution in [2.75, 3.05) is 10.0 Å². The van der Waals surface area contributed by atoms with Gasteiger partial charge in [0, 0.05) is 22.8 Å². The van der Waals surface area contributed by atoms with Crippen molar-refractivity contribution in [1.29, 1.82) is 0 Å². The third-order valence-corrected chi connectivity index (χ3v) is 7.16. The van der Waals surface area contributed by atoms with Crippen LogP contribution in [0.2, 0.25) is 0 Å². The second-order valence-corrected chi connectivity index (χ2v) is 9.26. The molecule has 1 amide bonds. The van der Waals surface area contributed by atoms with E-state index in [1.54, 1.807) is 41.9 Å². The number of carbonyl (C=O) groups excluding carboxylic acids is 1. The Kier molecular flexibility index (Phi) is 5.04. The van der Waals surface area contributed by atoms with Crippen LogP contribution in [-0.4, -0.2) is 19.3 Å². The van der Waals surface area contributed by atoms with Gasteiger partial charge in [0.2, 0.25) is 0 Å². The van der Waals surface area contributed by atoms with Crippen molar-refractivity contribution in [3.05, 3.63) is 83.4 Å². The minimum Gasteiger partial charge on any atom is -0.321 e. The van der Waals surface area contributed by atoms with Crippen LogP contribution in [-0.2, 0) is 10.0 Å². The maximum absolute atomic E-state index is 12.7. The van der Waals surface area contributed by atoms with Gasteiger partial charge in [-0.3, -0.25) is 14.5 Å². The van der Waals surface area contributed by atoms with Gasteiger partial charge in [-0.2, -0.15) is 0 Å². The van der Waals surface area contributed by atoms with Gasteiger partial charge in [0.05, 0.1) is 11.2 Å². The van der Waals surface area contributed by atoms with Crippen LogP contribution in [0.5, 0.6) is 0 Å². The molecule has 4 aromatic rings. The van der Waals surface area contributed by atoms with E-state index in [4.69, 9.17) is 0 Å². The molecule has 0 aliphatic heterocycles. The minimum atomic E-state index is -3.62. The highest BCUT2D eigenvalue weighted by molar-refractivity contribution is 7.94. The lowest BCUT2D eigenvalue weighted by Gasteiger charge is -2.11. The number of fused-ring (bicyclic) bond motifs is 1. The second kappa shape index (κ2) is 7.65. The Hall–Kier alpha value is -3.23. The van der Waals surface area contributed by atoms with Crippen LogP contribution < -0.4 is 10.0 Å². The first-order valence-electron chi connectivity index (χ1n) is 8.76. The summed E-state index contributed by atoms with van der Waals surface area (Å²) in [7, 11) is -3.62. The smallest absolute Gasteiger partial charge is 0.271 e. The van der Waals surface area contributed by atoms with Crippen LogP contribution >= 0.6 is 11.3 Å². The summed E-state index contributed by atoms with van der Waals surface area (Å²) in [6.07, 6.45) is 1.72. The minimum absolute atomic E-state index is 0.235. The highest BCUT2D eigenvalue weighted by Gasteiger charge is 2.16. The molecule has 0 aliphatic rings. The Labute approximate surface area is 172 Å². The summed E-state index contributed by atoms with van der Waals surface area (Å²) in [5, 5.41) is 5.47. The zero-order valence-corrected chi connectivity index (χ0v) is 17.0. The summed E-state index contributed by atoms with van der Waals surface area (Å²) in [5.41, 5.74) is 3.34. The normalized spacial score (nSPS) is 11.3. The van der Waals surface area contributed by atoms with Crippen molar-refractivity contribution in [1.82, 2.24) is 4.98 Å². The number of benzene rings is 2. The van der Waals surface area contributed by atoms with Crippen LogP contribution in [0.3, 0.4) is 0 Å². The van der Waals surface area contributed by atoms with E-state index in [0.29, 0.717) is 16.9 Å². The summed E-state index contributed by atoms with van der Waals surface area (Å²) < 4.78 is 27.3. The average Bonchev–Trinajstić information content (AvgIpc) is 3.27. The van der Waals surface area contributed by atoms with E-state index < -0.39 is 10.0 Å². The molecule has 0 aliphatic carbocycles. The zero-order valence-electron chi connectivity index (χ0n) is 15.4. The molecule has 0 saturated carbocycles. The average molecular weight is 424 g/mol. The van der Waals surface area contributed by atoms with Gasteiger partial charge < -0.3 is 5.32 Å². The van der Waals surface area contributed by atoms with Gasteiger partial charge in [0.25, 0.3) is 15.9 Å². The first-order chi connectivity index (χ1) is 13.9. The molecule has 6 nitrogen and oxygen atoms in total. The standard InChI is InChI=1S/C21H17N3O3S2/c1-14-6-11-18(17-4-2-12-22-20(14)17)23-21(25)15-7-9-16(10-8-15)24-29(26,27)19-5-3-13-28-19/h2-13,24H,1H3,(H,23,25). The fourth-order valence-corrected chi connectivity index (χ4v) is 4.98. The quantitative estimate of drug-likeness (QED) is 0.489. The molecule has 2 heterocycles. The third kappa shape index (κ3) is 3.98. The summed E-state index contributed by atoms with van der Waals surface area (Å²) in [6, 6.07) is 17.0. The Morgan fingerprint density at radius 1 is 1.00 bits per heavy atom. The molecular weight excluding hydrogens is 406 g/mol. The van der Waals surface area contributed by atoms with Crippen LogP contribution in [0, 0.1) is 6.92 Å². The number of nitrogens with one attached hydrogen (secondary N) is 2. The van der Waals surface area contributed by atoms with Crippen LogP contribution in [0.25, 0.3) is 10.9 Å². The van der Waals surface area contributed by atoms with E-state index in [9.17, 15) is 13.2 Å². The number of hydrogen-bond acceptors (Lipinski definition) is 5. The molecule has 2 aromatic carbocycles. The Balaban J connectivity index is 1.53. The molecule has 0 radical (unpaired) electrons. The van der Waals surface area contributed by atoms with Crippen molar-refractivity contribution in [3.8, 4) is 0 Å². The van der Waals surface area contributed by atoms with Crippen LogP contribution in [0.15, 0.2) is 76.4 Å². The topological polar surface area (TPSA) is 88.2 Å². The number of rotatable bonds is 5. The number of pyridine rings is 1. The molecular formula is C21H17N3O3S2. The van der Waals surface area contributed by atoms with Gasteiger partial charge >= 0.3 is 0 Å². The predicted octanol–water partition coefficient (Wildman–Crippen LogP) is 4.66. The zero-order chi connectivity index (χ0) is 20.4. The highest BCUT2D eigenvalue weighted by Crippen LogP contribution is 2.25. The Bertz CT molecular complexity index is 1280. The van der Waals surface area contributed by atoms with Crippen molar-refractivity contribution >= 4 is 49.5 Å². The number of amides is 1. The van der Waals surface area contributed by atoms with Crippen molar-refractivity contribution in [2.24, 2.45) is 0 Å². The second-order valence-electron chi connectivity index (χ2n) is 6.40. The van der Waals surface area contributed by atoms with Gasteiger partial charge in [-0.1, -0.05) is 12.1 Å². The molecule has 2 N–H and O–H groups in total. The molecule has 2 aromatic heterocycles. The number of nitrogens with zero attached hydrogens (tertiary/aromatic N) is 1. The largest absolute Gasteiger partial charge is 0.321 e. The first kappa shape index (κ1) is 19.1. The molecule has 4 rings (SSSR count). The van der Waals surface area contributed by atoms with Crippen molar-refractivity contribution < 1.29 is 13.2 Å². The van der Waals surface area contributed by atoms with Gasteiger partial charge in [-0.15, -0.1) is 11.3 Å². The molecule has 0 fully saturated rings. The van der Waals surface area contributed by atoms with E-state index >= 15 is 0 Å².